The Bertz CT molecular complexity index is 1500. The van der Waals surface area contributed by atoms with E-state index in [0.717, 1.165) is 16.7 Å². The number of benzene rings is 4. The van der Waals surface area contributed by atoms with E-state index in [1.807, 2.05) is 73.7 Å². The van der Waals surface area contributed by atoms with E-state index in [2.05, 4.69) is 10.0 Å². The van der Waals surface area contributed by atoms with Crippen LogP contribution in [0.5, 0.6) is 0 Å². The number of hydrogen-bond donors (Lipinski definition) is 2. The first-order valence-electron chi connectivity index (χ1n) is 12.0. The van der Waals surface area contributed by atoms with Gasteiger partial charge in [0.15, 0.2) is 6.61 Å². The van der Waals surface area contributed by atoms with Crippen molar-refractivity contribution in [3.8, 4) is 0 Å². The quantitative estimate of drug-likeness (QED) is 0.292. The number of carbonyl (C=O) groups is 2. The fourth-order valence-electron chi connectivity index (χ4n) is 3.97. The monoisotopic (exact) mass is 528 g/mol. The third kappa shape index (κ3) is 6.66. The van der Waals surface area contributed by atoms with Crippen LogP contribution < -0.4 is 10.0 Å². The van der Waals surface area contributed by atoms with Gasteiger partial charge in [-0.05, 0) is 60.4 Å². The third-order valence-electron chi connectivity index (χ3n) is 5.92. The van der Waals surface area contributed by atoms with Gasteiger partial charge >= 0.3 is 5.97 Å². The fourth-order valence-corrected chi connectivity index (χ4v) is 5.05. The molecule has 0 bridgehead atoms. The topological polar surface area (TPSA) is 102 Å². The summed E-state index contributed by atoms with van der Waals surface area (Å²) in [5.74, 6) is -1.28. The molecule has 7 nitrogen and oxygen atoms in total. The van der Waals surface area contributed by atoms with Gasteiger partial charge in [0.25, 0.3) is 15.9 Å². The van der Waals surface area contributed by atoms with Gasteiger partial charge in [0.05, 0.1) is 16.5 Å². The summed E-state index contributed by atoms with van der Waals surface area (Å²) >= 11 is 0. The first-order chi connectivity index (χ1) is 18.2. The second-order valence-electron chi connectivity index (χ2n) is 8.85. The smallest absolute Gasteiger partial charge is 0.338 e. The van der Waals surface area contributed by atoms with E-state index in [4.69, 9.17) is 4.74 Å². The molecule has 0 unspecified atom stereocenters. The Kier molecular flexibility index (Phi) is 8.23. The van der Waals surface area contributed by atoms with Crippen LogP contribution in [-0.4, -0.2) is 26.9 Å². The fraction of sp³-hybridized carbons (Fsp3) is 0.133. The summed E-state index contributed by atoms with van der Waals surface area (Å²) in [6, 6.07) is 29.7. The van der Waals surface area contributed by atoms with Gasteiger partial charge in [-0.3, -0.25) is 9.52 Å². The van der Waals surface area contributed by atoms with Crippen LogP contribution in [0.15, 0.2) is 108 Å². The van der Waals surface area contributed by atoms with E-state index in [9.17, 15) is 18.0 Å². The minimum atomic E-state index is -3.95. The Morgan fingerprint density at radius 3 is 2.03 bits per heavy atom. The van der Waals surface area contributed by atoms with Crippen molar-refractivity contribution in [2.45, 2.75) is 24.8 Å². The zero-order chi connectivity index (χ0) is 27.1. The number of hydrogen-bond acceptors (Lipinski definition) is 5. The van der Waals surface area contributed by atoms with Gasteiger partial charge in [-0.2, -0.15) is 0 Å². The summed E-state index contributed by atoms with van der Waals surface area (Å²) in [5.41, 5.74) is 3.67. The molecule has 1 amide bonds. The largest absolute Gasteiger partial charge is 0.452 e. The van der Waals surface area contributed by atoms with Crippen LogP contribution in [0.25, 0.3) is 0 Å². The molecule has 38 heavy (non-hydrogen) atoms. The molecule has 0 saturated heterocycles. The second kappa shape index (κ2) is 11.7. The van der Waals surface area contributed by atoms with Crippen molar-refractivity contribution in [2.75, 3.05) is 11.3 Å². The van der Waals surface area contributed by atoms with Gasteiger partial charge in [-0.1, -0.05) is 78.9 Å². The van der Waals surface area contributed by atoms with E-state index in [1.165, 1.54) is 18.2 Å². The first kappa shape index (κ1) is 26.6. The van der Waals surface area contributed by atoms with Gasteiger partial charge < -0.3 is 10.1 Å². The maximum absolute atomic E-state index is 12.9. The number of aryl methyl sites for hydroxylation is 2. The molecule has 0 fully saturated rings. The molecule has 4 aromatic carbocycles. The highest BCUT2D eigenvalue weighted by Crippen LogP contribution is 2.23. The van der Waals surface area contributed by atoms with Crippen molar-refractivity contribution in [3.05, 3.63) is 131 Å². The molecule has 0 atom stereocenters. The average Bonchev–Trinajstić information content (AvgIpc) is 2.91. The standard InChI is InChI=1S/C30H28N2O5S/c1-21-10-9-15-25(18-21)32-38(35,36)26-17-16-22(2)27(19-26)30(34)37-20-28(33)31-29(23-11-5-3-6-12-23)24-13-7-4-8-14-24/h3-19,29,32H,20H2,1-2H3,(H,31,33). The van der Waals surface area contributed by atoms with Crippen molar-refractivity contribution >= 4 is 27.6 Å². The van der Waals surface area contributed by atoms with E-state index >= 15 is 0 Å². The number of carbonyl (C=O) groups excluding carboxylic acids is 2. The lowest BCUT2D eigenvalue weighted by Gasteiger charge is -2.20. The summed E-state index contributed by atoms with van der Waals surface area (Å²) in [7, 11) is -3.95. The third-order valence-corrected chi connectivity index (χ3v) is 7.29. The van der Waals surface area contributed by atoms with Crippen molar-refractivity contribution in [1.82, 2.24) is 5.32 Å². The van der Waals surface area contributed by atoms with Crippen LogP contribution in [0.4, 0.5) is 5.69 Å². The molecule has 4 aromatic rings. The molecular formula is C30H28N2O5S. The molecule has 4 rings (SSSR count). The zero-order valence-corrected chi connectivity index (χ0v) is 21.9. The molecule has 0 aliphatic carbocycles. The first-order valence-corrected chi connectivity index (χ1v) is 13.5. The van der Waals surface area contributed by atoms with Gasteiger partial charge in [-0.25, -0.2) is 13.2 Å². The predicted octanol–water partition coefficient (Wildman–Crippen LogP) is 5.17. The Morgan fingerprint density at radius 1 is 0.789 bits per heavy atom. The number of sulfonamides is 1. The van der Waals surface area contributed by atoms with Crippen molar-refractivity contribution in [1.29, 1.82) is 0 Å². The molecule has 0 aromatic heterocycles. The number of rotatable bonds is 9. The Hall–Kier alpha value is -4.43. The highest BCUT2D eigenvalue weighted by Gasteiger charge is 2.21. The molecule has 0 spiro atoms. The summed E-state index contributed by atoms with van der Waals surface area (Å²) in [6.45, 7) is 3.00. The minimum absolute atomic E-state index is 0.0626. The summed E-state index contributed by atoms with van der Waals surface area (Å²) in [4.78, 5) is 25.6. The van der Waals surface area contributed by atoms with Gasteiger partial charge in [0.2, 0.25) is 0 Å². The summed E-state index contributed by atoms with van der Waals surface area (Å²) < 4.78 is 33.7. The zero-order valence-electron chi connectivity index (χ0n) is 21.0. The lowest BCUT2D eigenvalue weighted by Crippen LogP contribution is -2.33. The summed E-state index contributed by atoms with van der Waals surface area (Å²) in [5, 5.41) is 2.92. The molecule has 0 aliphatic heterocycles. The Morgan fingerprint density at radius 2 is 1.42 bits per heavy atom. The van der Waals surface area contributed by atoms with Crippen LogP contribution in [-0.2, 0) is 19.6 Å². The van der Waals surface area contributed by atoms with Gasteiger partial charge in [0.1, 0.15) is 0 Å². The Labute approximate surface area is 222 Å². The number of nitrogens with one attached hydrogen (secondary N) is 2. The number of esters is 1. The lowest BCUT2D eigenvalue weighted by molar-refractivity contribution is -0.124. The maximum atomic E-state index is 12.9. The molecule has 0 saturated carbocycles. The lowest BCUT2D eigenvalue weighted by atomic mass is 9.99. The van der Waals surface area contributed by atoms with Crippen LogP contribution in [0, 0.1) is 13.8 Å². The number of ether oxygens (including phenoxy) is 1. The van der Waals surface area contributed by atoms with Gasteiger partial charge in [0, 0.05) is 5.69 Å². The second-order valence-corrected chi connectivity index (χ2v) is 10.5. The summed E-state index contributed by atoms with van der Waals surface area (Å²) in [6.07, 6.45) is 0. The Balaban J connectivity index is 1.46. The maximum Gasteiger partial charge on any atom is 0.338 e. The highest BCUT2D eigenvalue weighted by molar-refractivity contribution is 7.92. The van der Waals surface area contributed by atoms with Crippen LogP contribution in [0.1, 0.15) is 38.7 Å². The van der Waals surface area contributed by atoms with Crippen LogP contribution in [0.3, 0.4) is 0 Å². The molecule has 0 radical (unpaired) electrons. The molecule has 8 heteroatoms. The van der Waals surface area contributed by atoms with Crippen molar-refractivity contribution < 1.29 is 22.7 Å². The normalized spacial score (nSPS) is 11.1. The van der Waals surface area contributed by atoms with Crippen molar-refractivity contribution in [2.24, 2.45) is 0 Å². The molecule has 194 valence electrons. The van der Waals surface area contributed by atoms with E-state index in [1.54, 1.807) is 25.1 Å². The highest BCUT2D eigenvalue weighted by atomic mass is 32.2. The van der Waals surface area contributed by atoms with Crippen LogP contribution >= 0.6 is 0 Å². The minimum Gasteiger partial charge on any atom is -0.452 e. The van der Waals surface area contributed by atoms with E-state index in [-0.39, 0.29) is 10.5 Å². The molecule has 0 aliphatic rings. The molecular weight excluding hydrogens is 500 g/mol. The molecule has 0 heterocycles. The number of amides is 1. The molecule has 2 N–H and O–H groups in total. The predicted molar refractivity (Wildman–Crippen MR) is 146 cm³/mol. The van der Waals surface area contributed by atoms with Crippen molar-refractivity contribution in [3.63, 3.8) is 0 Å². The van der Waals surface area contributed by atoms with E-state index < -0.39 is 34.5 Å². The SMILES string of the molecule is Cc1cccc(NS(=O)(=O)c2ccc(C)c(C(=O)OCC(=O)NC(c3ccccc3)c3ccccc3)c2)c1. The average molecular weight is 529 g/mol. The van der Waals surface area contributed by atoms with Crippen LogP contribution in [0.2, 0.25) is 0 Å². The van der Waals surface area contributed by atoms with Gasteiger partial charge in [-0.15, -0.1) is 0 Å². The number of anilines is 1. The van der Waals surface area contributed by atoms with E-state index in [0.29, 0.717) is 11.3 Å².